The minimum Gasteiger partial charge on any atom is -0.384 e. The van der Waals surface area contributed by atoms with Gasteiger partial charge in [-0.2, -0.15) is 4.98 Å². The minimum atomic E-state index is -0.596. The first-order valence-electron chi connectivity index (χ1n) is 3.46. The van der Waals surface area contributed by atoms with E-state index in [0.29, 0.717) is 5.82 Å². The topological polar surface area (TPSA) is 92.1 Å². The number of aromatic nitrogens is 2. The van der Waals surface area contributed by atoms with E-state index >= 15 is 0 Å². The summed E-state index contributed by atoms with van der Waals surface area (Å²) < 4.78 is 0. The van der Waals surface area contributed by atoms with Crippen molar-refractivity contribution in [3.8, 4) is 11.8 Å². The first-order chi connectivity index (χ1) is 6.15. The quantitative estimate of drug-likeness (QED) is 0.361. The molecule has 0 aliphatic heterocycles. The maximum atomic E-state index is 10.4. The zero-order chi connectivity index (χ0) is 9.84. The van der Waals surface area contributed by atoms with Crippen molar-refractivity contribution in [1.82, 2.24) is 9.97 Å². The molecule has 0 saturated heterocycles. The van der Waals surface area contributed by atoms with Crippen LogP contribution in [0.15, 0.2) is 0 Å². The predicted molar refractivity (Wildman–Crippen MR) is 43.9 cm³/mol. The second-order valence-corrected chi connectivity index (χ2v) is 2.24. The molecule has 0 aliphatic rings. The molecule has 0 spiro atoms. The number of H-pyrrole nitrogens is 1. The highest BCUT2D eigenvalue weighted by Gasteiger charge is 2.15. The highest BCUT2D eigenvalue weighted by Crippen LogP contribution is 2.12. The molecule has 1 aromatic rings. The Morgan fingerprint density at radius 3 is 3.00 bits per heavy atom. The number of aliphatic hydroxyl groups excluding tert-OH is 1. The van der Waals surface area contributed by atoms with E-state index in [2.05, 4.69) is 21.8 Å². The van der Waals surface area contributed by atoms with Gasteiger partial charge < -0.3 is 15.2 Å². The third-order valence-corrected chi connectivity index (χ3v) is 1.27. The summed E-state index contributed by atoms with van der Waals surface area (Å²) in [6, 6.07) is 0. The van der Waals surface area contributed by atoms with Gasteiger partial charge in [0.1, 0.15) is 6.61 Å². The first kappa shape index (κ1) is 9.22. The smallest absolute Gasteiger partial charge is 0.356 e. The molecule has 13 heavy (non-hydrogen) atoms. The molecule has 0 unspecified atom stereocenters. The van der Waals surface area contributed by atoms with Crippen molar-refractivity contribution in [2.45, 2.75) is 6.92 Å². The molecule has 2 N–H and O–H groups in total. The number of aliphatic hydroxyl groups is 1. The number of aromatic amines is 1. The van der Waals surface area contributed by atoms with Gasteiger partial charge in [0.05, 0.1) is 0 Å². The molecule has 0 aliphatic carbocycles. The molecule has 0 amide bonds. The van der Waals surface area contributed by atoms with Crippen LogP contribution in [-0.2, 0) is 0 Å². The summed E-state index contributed by atoms with van der Waals surface area (Å²) in [5, 5.41) is 18.8. The Morgan fingerprint density at radius 1 is 1.77 bits per heavy atom. The molecule has 6 nitrogen and oxygen atoms in total. The van der Waals surface area contributed by atoms with Crippen LogP contribution >= 0.6 is 0 Å². The van der Waals surface area contributed by atoms with Gasteiger partial charge in [0.2, 0.25) is 5.69 Å². The number of nitrogens with one attached hydrogen (secondary N) is 1. The van der Waals surface area contributed by atoms with Crippen molar-refractivity contribution < 1.29 is 10.0 Å². The van der Waals surface area contributed by atoms with E-state index in [4.69, 9.17) is 5.11 Å². The Hall–Kier alpha value is -1.87. The highest BCUT2D eigenvalue weighted by molar-refractivity contribution is 5.41. The molecule has 0 radical (unpaired) electrons. The molecule has 1 rings (SSSR count). The summed E-state index contributed by atoms with van der Waals surface area (Å²) >= 11 is 0. The maximum absolute atomic E-state index is 10.4. The summed E-state index contributed by atoms with van der Waals surface area (Å²) in [5.74, 6) is 4.86. The van der Waals surface area contributed by atoms with E-state index < -0.39 is 4.92 Å². The Kier molecular flexibility index (Phi) is 2.62. The van der Waals surface area contributed by atoms with Crippen LogP contribution in [-0.4, -0.2) is 26.6 Å². The van der Waals surface area contributed by atoms with E-state index in [1.165, 1.54) is 0 Å². The third-order valence-electron chi connectivity index (χ3n) is 1.27. The number of aryl methyl sites for hydroxylation is 1. The zero-order valence-electron chi connectivity index (χ0n) is 6.87. The molecule has 0 fully saturated rings. The lowest BCUT2D eigenvalue weighted by Gasteiger charge is -1.87. The van der Waals surface area contributed by atoms with Crippen LogP contribution in [0.1, 0.15) is 11.5 Å². The van der Waals surface area contributed by atoms with Crippen LogP contribution in [0, 0.1) is 28.9 Å². The molecule has 0 saturated carbocycles. The van der Waals surface area contributed by atoms with Crippen LogP contribution in [0.2, 0.25) is 0 Å². The Labute approximate surface area is 73.8 Å². The first-order valence-corrected chi connectivity index (χ1v) is 3.46. The van der Waals surface area contributed by atoms with Gasteiger partial charge in [-0.3, -0.25) is 0 Å². The average molecular weight is 181 g/mol. The predicted octanol–water partition coefficient (Wildman–Crippen LogP) is -0.0299. The lowest BCUT2D eigenvalue weighted by molar-refractivity contribution is -0.389. The molecule has 0 aromatic carbocycles. The summed E-state index contributed by atoms with van der Waals surface area (Å²) in [6.07, 6.45) is 0. The zero-order valence-corrected chi connectivity index (χ0v) is 6.87. The average Bonchev–Trinajstić information content (AvgIpc) is 2.43. The summed E-state index contributed by atoms with van der Waals surface area (Å²) in [6.45, 7) is 1.25. The van der Waals surface area contributed by atoms with E-state index in [1.54, 1.807) is 6.92 Å². The molecule has 1 heterocycles. The number of hydrogen-bond acceptors (Lipinski definition) is 4. The normalized spacial score (nSPS) is 9.08. The number of nitro groups is 1. The molecule has 68 valence electrons. The van der Waals surface area contributed by atoms with Crippen molar-refractivity contribution >= 4 is 5.82 Å². The monoisotopic (exact) mass is 181 g/mol. The number of hydrogen-bond donors (Lipinski definition) is 2. The number of nitrogens with zero attached hydrogens (tertiary/aromatic N) is 2. The lowest BCUT2D eigenvalue weighted by atomic mass is 10.4. The van der Waals surface area contributed by atoms with Crippen LogP contribution < -0.4 is 0 Å². The van der Waals surface area contributed by atoms with Gasteiger partial charge in [-0.05, 0) is 10.8 Å². The Bertz CT molecular complexity index is 385. The second-order valence-electron chi connectivity index (χ2n) is 2.24. The van der Waals surface area contributed by atoms with Gasteiger partial charge >= 0.3 is 5.82 Å². The fraction of sp³-hybridized carbons (Fsp3) is 0.286. The molecule has 6 heteroatoms. The number of imidazole rings is 1. The molecular formula is C7H7N3O3. The third kappa shape index (κ3) is 2.04. The van der Waals surface area contributed by atoms with Gasteiger partial charge in [-0.1, -0.05) is 5.92 Å². The van der Waals surface area contributed by atoms with Crippen molar-refractivity contribution in [1.29, 1.82) is 0 Å². The largest absolute Gasteiger partial charge is 0.384 e. The maximum Gasteiger partial charge on any atom is 0.356 e. The summed E-state index contributed by atoms with van der Waals surface area (Å²) in [4.78, 5) is 16.1. The van der Waals surface area contributed by atoms with Crippen LogP contribution in [0.3, 0.4) is 0 Å². The fourth-order valence-electron chi connectivity index (χ4n) is 0.822. The standard InChI is InChI=1S/C7H7N3O3/c1-5-8-6(3-2-4-11)7(9-5)10(12)13/h11H,4H2,1H3,(H,8,9). The fourth-order valence-corrected chi connectivity index (χ4v) is 0.822. The van der Waals surface area contributed by atoms with Gasteiger partial charge in [-0.25, -0.2) is 4.98 Å². The van der Waals surface area contributed by atoms with Crippen LogP contribution in [0.25, 0.3) is 0 Å². The van der Waals surface area contributed by atoms with Crippen molar-refractivity contribution in [3.05, 3.63) is 21.6 Å². The van der Waals surface area contributed by atoms with Gasteiger partial charge in [0.25, 0.3) is 0 Å². The second kappa shape index (κ2) is 3.69. The van der Waals surface area contributed by atoms with Crippen molar-refractivity contribution in [2.24, 2.45) is 0 Å². The Morgan fingerprint density at radius 2 is 2.46 bits per heavy atom. The molecular weight excluding hydrogens is 174 g/mol. The van der Waals surface area contributed by atoms with E-state index in [1.807, 2.05) is 0 Å². The van der Waals surface area contributed by atoms with Crippen molar-refractivity contribution in [2.75, 3.05) is 6.61 Å². The van der Waals surface area contributed by atoms with Gasteiger partial charge in [-0.15, -0.1) is 0 Å². The van der Waals surface area contributed by atoms with Crippen molar-refractivity contribution in [3.63, 3.8) is 0 Å². The summed E-state index contributed by atoms with van der Waals surface area (Å²) in [7, 11) is 0. The SMILES string of the molecule is Cc1nc(C#CCO)c([N+](=O)[O-])[nH]1. The Balaban J connectivity index is 3.12. The molecule has 1 aromatic heterocycles. The number of rotatable bonds is 1. The van der Waals surface area contributed by atoms with E-state index in [-0.39, 0.29) is 18.1 Å². The van der Waals surface area contributed by atoms with Gasteiger partial charge in [0, 0.05) is 6.92 Å². The summed E-state index contributed by atoms with van der Waals surface area (Å²) in [5.41, 5.74) is 0.0524. The highest BCUT2D eigenvalue weighted by atomic mass is 16.6. The van der Waals surface area contributed by atoms with Crippen LogP contribution in [0.5, 0.6) is 0 Å². The minimum absolute atomic E-state index is 0.0524. The van der Waals surface area contributed by atoms with Crippen LogP contribution in [0.4, 0.5) is 5.82 Å². The lowest BCUT2D eigenvalue weighted by Crippen LogP contribution is -1.91. The van der Waals surface area contributed by atoms with Gasteiger partial charge in [0.15, 0.2) is 5.82 Å². The molecule has 0 bridgehead atoms. The molecule has 0 atom stereocenters. The van der Waals surface area contributed by atoms with E-state index in [0.717, 1.165) is 0 Å². The van der Waals surface area contributed by atoms with E-state index in [9.17, 15) is 10.1 Å².